The molecule has 0 amide bonds. The van der Waals surface area contributed by atoms with Crippen molar-refractivity contribution in [3.05, 3.63) is 46.0 Å². The molecule has 0 spiro atoms. The highest BCUT2D eigenvalue weighted by molar-refractivity contribution is 7.93. The van der Waals surface area contributed by atoms with Crippen LogP contribution in [0.5, 0.6) is 0 Å². The number of hydrogen-bond acceptors (Lipinski definition) is 7. The standard InChI is InChI=1S/C19H18ClFN4O3S2/c1-18(2)17(22)23-19(3,9-30(18,26)27)14-12(20)8-13(29-14)16-25-24-15(28-16)10-4-6-11(21)7-5-10/h4-8H,9H2,1-3H3,(H2,22,23)/t19-/m0/s1. The summed E-state index contributed by atoms with van der Waals surface area (Å²) in [5.41, 5.74) is -0.494. The van der Waals surface area contributed by atoms with Crippen molar-refractivity contribution in [1.29, 1.82) is 5.41 Å². The third kappa shape index (κ3) is 3.32. The van der Waals surface area contributed by atoms with Gasteiger partial charge in [-0.1, -0.05) is 11.6 Å². The maximum Gasteiger partial charge on any atom is 0.258 e. The van der Waals surface area contributed by atoms with E-state index in [1.165, 1.54) is 49.4 Å². The van der Waals surface area contributed by atoms with E-state index in [0.717, 1.165) is 0 Å². The van der Waals surface area contributed by atoms with Crippen molar-refractivity contribution in [1.82, 2.24) is 15.5 Å². The van der Waals surface area contributed by atoms with E-state index in [-0.39, 0.29) is 29.2 Å². The van der Waals surface area contributed by atoms with Crippen molar-refractivity contribution >= 4 is 38.6 Å². The van der Waals surface area contributed by atoms with Crippen LogP contribution in [0.1, 0.15) is 25.6 Å². The first-order valence-electron chi connectivity index (χ1n) is 8.92. The molecular formula is C19H18ClFN4O3S2. The zero-order valence-electron chi connectivity index (χ0n) is 16.3. The molecule has 1 atom stereocenters. The van der Waals surface area contributed by atoms with Gasteiger partial charge in [0.2, 0.25) is 5.89 Å². The number of sulfone groups is 1. The smallest absolute Gasteiger partial charge is 0.258 e. The van der Waals surface area contributed by atoms with Crippen molar-refractivity contribution in [2.24, 2.45) is 0 Å². The van der Waals surface area contributed by atoms with Gasteiger partial charge in [0, 0.05) is 5.56 Å². The molecule has 0 radical (unpaired) electrons. The second-order valence-electron chi connectivity index (χ2n) is 7.81. The predicted octanol–water partition coefficient (Wildman–Crippen LogP) is 4.25. The average Bonchev–Trinajstić information content (AvgIpc) is 3.27. The van der Waals surface area contributed by atoms with E-state index in [1.807, 2.05) is 0 Å². The van der Waals surface area contributed by atoms with Gasteiger partial charge in [-0.2, -0.15) is 0 Å². The van der Waals surface area contributed by atoms with Crippen molar-refractivity contribution < 1.29 is 17.2 Å². The second kappa shape index (κ2) is 6.86. The van der Waals surface area contributed by atoms with Gasteiger partial charge in [-0.25, -0.2) is 12.8 Å². The van der Waals surface area contributed by atoms with Crippen LogP contribution < -0.4 is 5.32 Å². The molecule has 30 heavy (non-hydrogen) atoms. The monoisotopic (exact) mass is 468 g/mol. The first kappa shape index (κ1) is 21.0. The predicted molar refractivity (Wildman–Crippen MR) is 114 cm³/mol. The number of halogens is 2. The number of nitrogens with zero attached hydrogens (tertiary/aromatic N) is 2. The van der Waals surface area contributed by atoms with Gasteiger partial charge < -0.3 is 9.73 Å². The Labute approximate surface area is 181 Å². The van der Waals surface area contributed by atoms with E-state index in [4.69, 9.17) is 21.4 Å². The molecule has 0 bridgehead atoms. The van der Waals surface area contributed by atoms with Gasteiger partial charge in [-0.3, -0.25) is 5.41 Å². The summed E-state index contributed by atoms with van der Waals surface area (Å²) in [6, 6.07) is 7.29. The highest BCUT2D eigenvalue weighted by Gasteiger charge is 2.51. The zero-order chi connectivity index (χ0) is 21.9. The van der Waals surface area contributed by atoms with Crippen molar-refractivity contribution in [2.45, 2.75) is 31.1 Å². The van der Waals surface area contributed by atoms with E-state index in [2.05, 4.69) is 15.5 Å². The molecule has 1 saturated heterocycles. The average molecular weight is 469 g/mol. The van der Waals surface area contributed by atoms with Crippen LogP contribution in [0.4, 0.5) is 4.39 Å². The number of aromatic nitrogens is 2. The van der Waals surface area contributed by atoms with E-state index >= 15 is 0 Å². The van der Waals surface area contributed by atoms with E-state index in [9.17, 15) is 12.8 Å². The van der Waals surface area contributed by atoms with Gasteiger partial charge in [0.25, 0.3) is 5.89 Å². The normalized spacial score (nSPS) is 22.6. The summed E-state index contributed by atoms with van der Waals surface area (Å²) in [6.07, 6.45) is 0. The van der Waals surface area contributed by atoms with Crippen LogP contribution in [0.15, 0.2) is 34.7 Å². The van der Waals surface area contributed by atoms with Crippen molar-refractivity contribution in [3.8, 4) is 22.2 Å². The highest BCUT2D eigenvalue weighted by Crippen LogP contribution is 2.43. The minimum atomic E-state index is -3.59. The van der Waals surface area contributed by atoms with Crippen LogP contribution >= 0.6 is 22.9 Å². The number of hydrogen-bond donors (Lipinski definition) is 2. The molecule has 0 unspecified atom stereocenters. The quantitative estimate of drug-likeness (QED) is 0.594. The van der Waals surface area contributed by atoms with Gasteiger partial charge in [-0.15, -0.1) is 21.5 Å². The first-order chi connectivity index (χ1) is 13.9. The van der Waals surface area contributed by atoms with Crippen LogP contribution in [0, 0.1) is 11.2 Å². The molecule has 2 aromatic heterocycles. The molecule has 3 aromatic rings. The first-order valence-corrected chi connectivity index (χ1v) is 11.8. The summed E-state index contributed by atoms with van der Waals surface area (Å²) in [7, 11) is -3.59. The van der Waals surface area contributed by atoms with Crippen molar-refractivity contribution in [2.75, 3.05) is 5.75 Å². The molecule has 4 rings (SSSR count). The maximum atomic E-state index is 13.1. The molecule has 1 aliphatic rings. The fourth-order valence-corrected chi connectivity index (χ4v) is 6.54. The summed E-state index contributed by atoms with van der Waals surface area (Å²) in [6.45, 7) is 4.72. The van der Waals surface area contributed by atoms with Crippen LogP contribution in [0.2, 0.25) is 5.02 Å². The van der Waals surface area contributed by atoms with Crippen LogP contribution in [0.3, 0.4) is 0 Å². The summed E-state index contributed by atoms with van der Waals surface area (Å²) < 4.78 is 43.1. The SMILES string of the molecule is CC1(C)C(=N)N[C@](C)(c2sc(-c3nnc(-c4ccc(F)cc4)o3)cc2Cl)CS1(=O)=O. The van der Waals surface area contributed by atoms with Crippen LogP contribution in [-0.2, 0) is 15.4 Å². The Bertz CT molecular complexity index is 1250. The number of rotatable bonds is 3. The third-order valence-electron chi connectivity index (χ3n) is 5.17. The Balaban J connectivity index is 1.69. The zero-order valence-corrected chi connectivity index (χ0v) is 18.7. The Hall–Kier alpha value is -2.30. The molecule has 0 aliphatic carbocycles. The summed E-state index contributed by atoms with van der Waals surface area (Å²) in [4.78, 5) is 1.12. The van der Waals surface area contributed by atoms with E-state index in [0.29, 0.717) is 20.3 Å². The highest BCUT2D eigenvalue weighted by atomic mass is 35.5. The van der Waals surface area contributed by atoms with Crippen LogP contribution in [-0.4, -0.2) is 35.0 Å². The van der Waals surface area contributed by atoms with Gasteiger partial charge in [0.05, 0.1) is 26.1 Å². The summed E-state index contributed by atoms with van der Waals surface area (Å²) in [5.74, 6) is -0.224. The Kier molecular flexibility index (Phi) is 4.79. The van der Waals surface area contributed by atoms with Gasteiger partial charge in [-0.05, 0) is 51.1 Å². The lowest BCUT2D eigenvalue weighted by Gasteiger charge is -2.42. The molecule has 7 nitrogen and oxygen atoms in total. The lowest BCUT2D eigenvalue weighted by Crippen LogP contribution is -2.63. The van der Waals surface area contributed by atoms with Gasteiger partial charge in [0.15, 0.2) is 9.84 Å². The fraction of sp³-hybridized carbons (Fsp3) is 0.316. The number of amidine groups is 1. The van der Waals surface area contributed by atoms with Gasteiger partial charge >= 0.3 is 0 Å². The molecule has 1 aliphatic heterocycles. The topological polar surface area (TPSA) is 109 Å². The van der Waals surface area contributed by atoms with Crippen molar-refractivity contribution in [3.63, 3.8) is 0 Å². The number of nitrogens with one attached hydrogen (secondary N) is 2. The number of thiophene rings is 1. The third-order valence-corrected chi connectivity index (χ3v) is 9.69. The minimum absolute atomic E-state index is 0.0846. The maximum absolute atomic E-state index is 13.1. The lowest BCUT2D eigenvalue weighted by atomic mass is 10.00. The number of benzene rings is 1. The Morgan fingerprint density at radius 3 is 2.47 bits per heavy atom. The summed E-state index contributed by atoms with van der Waals surface area (Å²) >= 11 is 7.66. The van der Waals surface area contributed by atoms with Gasteiger partial charge in [0.1, 0.15) is 16.4 Å². The lowest BCUT2D eigenvalue weighted by molar-refractivity contribution is 0.450. The molecule has 1 aromatic carbocycles. The minimum Gasteiger partial charge on any atom is -0.415 e. The largest absolute Gasteiger partial charge is 0.415 e. The Morgan fingerprint density at radius 1 is 1.20 bits per heavy atom. The van der Waals surface area contributed by atoms with E-state index < -0.39 is 20.1 Å². The molecule has 158 valence electrons. The Morgan fingerprint density at radius 2 is 1.83 bits per heavy atom. The molecule has 2 N–H and O–H groups in total. The second-order valence-corrected chi connectivity index (χ2v) is 11.8. The fourth-order valence-electron chi connectivity index (χ4n) is 3.18. The van der Waals surface area contributed by atoms with Crippen LogP contribution in [0.25, 0.3) is 22.2 Å². The molecule has 1 fully saturated rings. The van der Waals surface area contributed by atoms with E-state index in [1.54, 1.807) is 13.0 Å². The molecule has 11 heteroatoms. The molecular weight excluding hydrogens is 451 g/mol. The molecule has 3 heterocycles. The summed E-state index contributed by atoms with van der Waals surface area (Å²) in [5, 5.41) is 19.6. The molecule has 0 saturated carbocycles.